The van der Waals surface area contributed by atoms with Gasteiger partial charge in [-0.1, -0.05) is 24.3 Å². The van der Waals surface area contributed by atoms with Gasteiger partial charge in [0.15, 0.2) is 5.65 Å². The summed E-state index contributed by atoms with van der Waals surface area (Å²) in [4.78, 5) is 4.17. The van der Waals surface area contributed by atoms with Crippen LogP contribution in [0, 0.1) is 0 Å². The molecule has 1 aromatic carbocycles. The third kappa shape index (κ3) is 2.12. The van der Waals surface area contributed by atoms with Crippen molar-refractivity contribution in [2.45, 2.75) is 13.0 Å². The van der Waals surface area contributed by atoms with E-state index in [1.807, 2.05) is 0 Å². The number of aliphatic hydroxyl groups is 1. The van der Waals surface area contributed by atoms with Gasteiger partial charge in [-0.2, -0.15) is 0 Å². The lowest BCUT2D eigenvalue weighted by atomic mass is 10.1. The zero-order valence-electron chi connectivity index (χ0n) is 10.2. The van der Waals surface area contributed by atoms with Gasteiger partial charge >= 0.3 is 0 Å². The molecular formula is C13H10F2N4O. The minimum atomic E-state index is -2.70. The van der Waals surface area contributed by atoms with E-state index in [4.69, 9.17) is 5.11 Å². The topological polar surface area (TPSA) is 63.3 Å². The lowest BCUT2D eigenvalue weighted by molar-refractivity contribution is 0.139. The van der Waals surface area contributed by atoms with Crippen LogP contribution >= 0.6 is 0 Å². The Morgan fingerprint density at radius 1 is 1.15 bits per heavy atom. The van der Waals surface area contributed by atoms with Crippen LogP contribution in [0.2, 0.25) is 0 Å². The third-order valence-corrected chi connectivity index (χ3v) is 2.95. The largest absolute Gasteiger partial charge is 0.392 e. The first kappa shape index (κ1) is 12.6. The highest BCUT2D eigenvalue weighted by Crippen LogP contribution is 2.21. The Hall–Kier alpha value is -2.41. The standard InChI is InChI=1S/C13H10F2N4O/c14-12(15)13-18-17-11-5-16-10(6-19(11)13)9-3-1-8(7-20)2-4-9/h1-6,12,20H,7H2. The molecule has 0 aliphatic rings. The molecule has 2 heterocycles. The average molecular weight is 276 g/mol. The van der Waals surface area contributed by atoms with Crippen LogP contribution < -0.4 is 0 Å². The molecule has 0 atom stereocenters. The fourth-order valence-corrected chi connectivity index (χ4v) is 1.90. The smallest absolute Gasteiger partial charge is 0.297 e. The molecule has 0 aliphatic heterocycles. The van der Waals surface area contributed by atoms with Gasteiger partial charge in [-0.3, -0.25) is 9.38 Å². The van der Waals surface area contributed by atoms with Crippen LogP contribution in [-0.2, 0) is 6.61 Å². The summed E-state index contributed by atoms with van der Waals surface area (Å²) in [5, 5.41) is 16.1. The molecule has 0 bridgehead atoms. The number of hydrogen-bond donors (Lipinski definition) is 1. The second-order valence-corrected chi connectivity index (χ2v) is 4.21. The van der Waals surface area contributed by atoms with Crippen molar-refractivity contribution >= 4 is 5.65 Å². The molecule has 102 valence electrons. The highest BCUT2D eigenvalue weighted by molar-refractivity contribution is 5.60. The number of fused-ring (bicyclic) bond motifs is 1. The van der Waals surface area contributed by atoms with Crippen LogP contribution in [0.1, 0.15) is 17.8 Å². The molecule has 5 nitrogen and oxygen atoms in total. The van der Waals surface area contributed by atoms with Crippen LogP contribution in [0.3, 0.4) is 0 Å². The number of halogens is 2. The molecule has 7 heteroatoms. The molecule has 0 amide bonds. The van der Waals surface area contributed by atoms with Gasteiger partial charge in [0.05, 0.1) is 18.5 Å². The predicted molar refractivity (Wildman–Crippen MR) is 67.1 cm³/mol. The Morgan fingerprint density at radius 2 is 1.90 bits per heavy atom. The second-order valence-electron chi connectivity index (χ2n) is 4.21. The maximum absolute atomic E-state index is 12.8. The zero-order chi connectivity index (χ0) is 14.1. The fourth-order valence-electron chi connectivity index (χ4n) is 1.90. The van der Waals surface area contributed by atoms with Crippen LogP contribution in [0.15, 0.2) is 36.7 Å². The number of aromatic nitrogens is 4. The molecule has 2 aromatic heterocycles. The maximum atomic E-state index is 12.8. The van der Waals surface area contributed by atoms with E-state index in [9.17, 15) is 8.78 Å². The summed E-state index contributed by atoms with van der Waals surface area (Å²) in [5.41, 5.74) is 2.34. The van der Waals surface area contributed by atoms with E-state index in [0.29, 0.717) is 5.69 Å². The van der Waals surface area contributed by atoms with Crippen LogP contribution in [0.4, 0.5) is 8.78 Å². The first-order valence-corrected chi connectivity index (χ1v) is 5.88. The number of nitrogens with zero attached hydrogens (tertiary/aromatic N) is 4. The summed E-state index contributed by atoms with van der Waals surface area (Å²) >= 11 is 0. The van der Waals surface area contributed by atoms with E-state index >= 15 is 0 Å². The number of rotatable bonds is 3. The molecule has 20 heavy (non-hydrogen) atoms. The summed E-state index contributed by atoms with van der Waals surface area (Å²) in [5.74, 6) is -0.407. The summed E-state index contributed by atoms with van der Waals surface area (Å²) in [6, 6.07) is 7.04. The van der Waals surface area contributed by atoms with Gasteiger partial charge in [-0.25, -0.2) is 8.78 Å². The zero-order valence-corrected chi connectivity index (χ0v) is 10.2. The van der Waals surface area contributed by atoms with Crippen molar-refractivity contribution in [3.63, 3.8) is 0 Å². The van der Waals surface area contributed by atoms with Gasteiger partial charge in [-0.05, 0) is 5.56 Å². The highest BCUT2D eigenvalue weighted by Gasteiger charge is 2.16. The van der Waals surface area contributed by atoms with Gasteiger partial charge in [-0.15, -0.1) is 10.2 Å². The van der Waals surface area contributed by atoms with Gasteiger partial charge in [0.1, 0.15) is 0 Å². The quantitative estimate of drug-likeness (QED) is 0.796. The Bertz CT molecular complexity index is 740. The molecule has 0 unspecified atom stereocenters. The lowest BCUT2D eigenvalue weighted by Gasteiger charge is -2.04. The van der Waals surface area contributed by atoms with Crippen molar-refractivity contribution in [3.05, 3.63) is 48.0 Å². The van der Waals surface area contributed by atoms with Crippen molar-refractivity contribution in [2.24, 2.45) is 0 Å². The van der Waals surface area contributed by atoms with Gasteiger partial charge in [0.25, 0.3) is 6.43 Å². The Morgan fingerprint density at radius 3 is 2.55 bits per heavy atom. The molecule has 0 fully saturated rings. The summed E-state index contributed by atoms with van der Waals surface area (Å²) in [6.07, 6.45) is 0.177. The Balaban J connectivity index is 2.08. The highest BCUT2D eigenvalue weighted by atomic mass is 19.3. The first-order valence-electron chi connectivity index (χ1n) is 5.88. The summed E-state index contributed by atoms with van der Waals surface area (Å²) in [6.45, 7) is -0.0479. The minimum absolute atomic E-state index is 0.0479. The van der Waals surface area contributed by atoms with Crippen molar-refractivity contribution in [1.29, 1.82) is 0 Å². The Kier molecular flexibility index (Phi) is 3.11. The van der Waals surface area contributed by atoms with Crippen molar-refractivity contribution in [2.75, 3.05) is 0 Å². The van der Waals surface area contributed by atoms with Crippen LogP contribution in [-0.4, -0.2) is 24.7 Å². The molecule has 0 radical (unpaired) electrons. The molecular weight excluding hydrogens is 266 g/mol. The van der Waals surface area contributed by atoms with E-state index < -0.39 is 12.2 Å². The number of aliphatic hydroxyl groups excluding tert-OH is 1. The molecule has 0 spiro atoms. The van der Waals surface area contributed by atoms with E-state index in [1.54, 1.807) is 24.3 Å². The maximum Gasteiger partial charge on any atom is 0.297 e. The first-order chi connectivity index (χ1) is 9.69. The number of hydrogen-bond acceptors (Lipinski definition) is 4. The number of benzene rings is 1. The SMILES string of the molecule is OCc1ccc(-c2cn3c(C(F)F)nnc3cn2)cc1. The van der Waals surface area contributed by atoms with E-state index in [1.165, 1.54) is 16.8 Å². The minimum Gasteiger partial charge on any atom is -0.392 e. The fraction of sp³-hybridized carbons (Fsp3) is 0.154. The average Bonchev–Trinajstić information content (AvgIpc) is 2.90. The van der Waals surface area contributed by atoms with Crippen molar-refractivity contribution in [3.8, 4) is 11.3 Å². The summed E-state index contributed by atoms with van der Waals surface area (Å²) < 4.78 is 26.8. The van der Waals surface area contributed by atoms with E-state index in [2.05, 4.69) is 15.2 Å². The normalized spacial score (nSPS) is 11.4. The van der Waals surface area contributed by atoms with Gasteiger partial charge in [0, 0.05) is 11.8 Å². The summed E-state index contributed by atoms with van der Waals surface area (Å²) in [7, 11) is 0. The molecule has 3 rings (SSSR count). The van der Waals surface area contributed by atoms with E-state index in [-0.39, 0.29) is 12.3 Å². The predicted octanol–water partition coefficient (Wildman–Crippen LogP) is 2.22. The monoisotopic (exact) mass is 276 g/mol. The number of alkyl halides is 2. The lowest BCUT2D eigenvalue weighted by Crippen LogP contribution is -1.97. The molecule has 1 N–H and O–H groups in total. The second kappa shape index (κ2) is 4.93. The van der Waals surface area contributed by atoms with Crippen LogP contribution in [0.25, 0.3) is 16.9 Å². The van der Waals surface area contributed by atoms with Gasteiger partial charge < -0.3 is 5.11 Å². The Labute approximate surface area is 112 Å². The van der Waals surface area contributed by atoms with E-state index in [0.717, 1.165) is 11.1 Å². The molecule has 0 saturated carbocycles. The van der Waals surface area contributed by atoms with Crippen molar-refractivity contribution < 1.29 is 13.9 Å². The van der Waals surface area contributed by atoms with Gasteiger partial charge in [0.2, 0.25) is 5.82 Å². The third-order valence-electron chi connectivity index (χ3n) is 2.95. The van der Waals surface area contributed by atoms with Crippen LogP contribution in [0.5, 0.6) is 0 Å². The molecule has 0 aliphatic carbocycles. The molecule has 3 aromatic rings. The van der Waals surface area contributed by atoms with Crippen molar-refractivity contribution in [1.82, 2.24) is 19.6 Å². The molecule has 0 saturated heterocycles.